The Kier molecular flexibility index (Phi) is 8.27. The lowest BCUT2D eigenvalue weighted by atomic mass is 10.1. The standard InChI is InChI=1S/C24H25ClN2O4S/c1-31-23-13-12-20(17-21(23)25)32(29,30)27-22(16-19-10-6-3-7-11-19)24(28)26-15-14-18-8-4-2-5-9-18/h2-13,17,22,27H,14-16H2,1H3,(H,26,28). The Morgan fingerprint density at radius 1 is 0.969 bits per heavy atom. The van der Waals surface area contributed by atoms with Gasteiger partial charge in [-0.3, -0.25) is 4.79 Å². The zero-order chi connectivity index (χ0) is 23.0. The monoisotopic (exact) mass is 472 g/mol. The van der Waals surface area contributed by atoms with Gasteiger partial charge < -0.3 is 10.1 Å². The maximum absolute atomic E-state index is 13.0. The molecule has 1 unspecified atom stereocenters. The van der Waals surface area contributed by atoms with E-state index in [-0.39, 0.29) is 16.3 Å². The minimum absolute atomic E-state index is 0.0431. The summed E-state index contributed by atoms with van der Waals surface area (Å²) in [5.41, 5.74) is 1.92. The Balaban J connectivity index is 1.75. The molecule has 1 amide bonds. The van der Waals surface area contributed by atoms with E-state index < -0.39 is 22.0 Å². The second-order valence-electron chi connectivity index (χ2n) is 7.19. The third-order valence-corrected chi connectivity index (χ3v) is 6.65. The fourth-order valence-corrected chi connectivity index (χ4v) is 4.75. The molecule has 0 aromatic heterocycles. The molecule has 6 nitrogen and oxygen atoms in total. The second kappa shape index (κ2) is 11.1. The van der Waals surface area contributed by atoms with Gasteiger partial charge in [-0.1, -0.05) is 72.3 Å². The summed E-state index contributed by atoms with van der Waals surface area (Å²) in [7, 11) is -2.55. The lowest BCUT2D eigenvalue weighted by Gasteiger charge is -2.19. The number of sulfonamides is 1. The predicted molar refractivity (Wildman–Crippen MR) is 125 cm³/mol. The molecule has 0 aliphatic heterocycles. The molecule has 0 aliphatic carbocycles. The molecule has 0 spiro atoms. The molecule has 0 radical (unpaired) electrons. The summed E-state index contributed by atoms with van der Waals surface area (Å²) < 4.78 is 33.6. The summed E-state index contributed by atoms with van der Waals surface area (Å²) in [5, 5.41) is 3.01. The molecular formula is C24H25ClN2O4S. The van der Waals surface area contributed by atoms with Crippen molar-refractivity contribution >= 4 is 27.5 Å². The minimum Gasteiger partial charge on any atom is -0.495 e. The highest BCUT2D eigenvalue weighted by atomic mass is 35.5. The van der Waals surface area contributed by atoms with E-state index in [1.54, 1.807) is 0 Å². The summed E-state index contributed by atoms with van der Waals surface area (Å²) in [6.07, 6.45) is 0.854. The van der Waals surface area contributed by atoms with E-state index in [4.69, 9.17) is 16.3 Å². The van der Waals surface area contributed by atoms with Crippen LogP contribution in [0.1, 0.15) is 11.1 Å². The molecule has 3 rings (SSSR count). The molecule has 3 aromatic rings. The fraction of sp³-hybridized carbons (Fsp3) is 0.208. The quantitative estimate of drug-likeness (QED) is 0.472. The van der Waals surface area contributed by atoms with Gasteiger partial charge in [-0.2, -0.15) is 4.72 Å². The van der Waals surface area contributed by atoms with Crippen LogP contribution in [0.5, 0.6) is 5.75 Å². The molecule has 0 fully saturated rings. The maximum atomic E-state index is 13.0. The molecule has 2 N–H and O–H groups in total. The summed E-state index contributed by atoms with van der Waals surface area (Å²) in [5.74, 6) is -0.0296. The molecular weight excluding hydrogens is 448 g/mol. The number of hydrogen-bond acceptors (Lipinski definition) is 4. The number of nitrogens with one attached hydrogen (secondary N) is 2. The number of rotatable bonds is 10. The number of halogens is 1. The highest BCUT2D eigenvalue weighted by Gasteiger charge is 2.26. The first-order valence-electron chi connectivity index (χ1n) is 10.1. The number of carbonyl (C=O) groups is 1. The van der Waals surface area contributed by atoms with Crippen LogP contribution in [0.25, 0.3) is 0 Å². The van der Waals surface area contributed by atoms with E-state index >= 15 is 0 Å². The van der Waals surface area contributed by atoms with Crippen molar-refractivity contribution < 1.29 is 17.9 Å². The van der Waals surface area contributed by atoms with Gasteiger partial charge in [0.25, 0.3) is 0 Å². The zero-order valence-electron chi connectivity index (χ0n) is 17.6. The van der Waals surface area contributed by atoms with Crippen molar-refractivity contribution in [2.45, 2.75) is 23.8 Å². The van der Waals surface area contributed by atoms with E-state index in [9.17, 15) is 13.2 Å². The number of carbonyl (C=O) groups excluding carboxylic acids is 1. The molecule has 0 heterocycles. The average molecular weight is 473 g/mol. The summed E-state index contributed by atoms with van der Waals surface area (Å²) >= 11 is 6.09. The lowest BCUT2D eigenvalue weighted by Crippen LogP contribution is -2.48. The van der Waals surface area contributed by atoms with Crippen LogP contribution in [-0.4, -0.2) is 34.0 Å². The predicted octanol–water partition coefficient (Wildman–Crippen LogP) is 3.60. The maximum Gasteiger partial charge on any atom is 0.241 e. The number of methoxy groups -OCH3 is 1. The number of benzene rings is 3. The normalized spacial score (nSPS) is 12.2. The Hall–Kier alpha value is -2.87. The molecule has 32 heavy (non-hydrogen) atoms. The molecule has 0 bridgehead atoms. The molecule has 3 aromatic carbocycles. The van der Waals surface area contributed by atoms with E-state index in [1.807, 2.05) is 60.7 Å². The third-order valence-electron chi connectivity index (χ3n) is 4.89. The van der Waals surface area contributed by atoms with Crippen LogP contribution in [0.4, 0.5) is 0 Å². The molecule has 0 aliphatic rings. The number of amides is 1. The third kappa shape index (κ3) is 6.56. The van der Waals surface area contributed by atoms with Gasteiger partial charge in [-0.15, -0.1) is 0 Å². The smallest absolute Gasteiger partial charge is 0.241 e. The zero-order valence-corrected chi connectivity index (χ0v) is 19.2. The van der Waals surface area contributed by atoms with Crippen LogP contribution < -0.4 is 14.8 Å². The Morgan fingerprint density at radius 2 is 1.59 bits per heavy atom. The van der Waals surface area contributed by atoms with Crippen LogP contribution in [0.15, 0.2) is 83.8 Å². The molecule has 168 valence electrons. The Morgan fingerprint density at radius 3 is 2.19 bits per heavy atom. The van der Waals surface area contributed by atoms with Gasteiger partial charge in [-0.25, -0.2) is 8.42 Å². The largest absolute Gasteiger partial charge is 0.495 e. The van der Waals surface area contributed by atoms with Gasteiger partial charge in [0, 0.05) is 6.54 Å². The van der Waals surface area contributed by atoms with E-state index in [0.717, 1.165) is 11.1 Å². The van der Waals surface area contributed by atoms with Crippen molar-refractivity contribution in [2.24, 2.45) is 0 Å². The number of ether oxygens (including phenoxy) is 1. The molecule has 0 saturated carbocycles. The van der Waals surface area contributed by atoms with Gasteiger partial charge in [-0.05, 0) is 42.2 Å². The fourth-order valence-electron chi connectivity index (χ4n) is 3.21. The van der Waals surface area contributed by atoms with Crippen LogP contribution in [0.2, 0.25) is 5.02 Å². The second-order valence-corrected chi connectivity index (χ2v) is 9.31. The van der Waals surface area contributed by atoms with Crippen molar-refractivity contribution in [3.63, 3.8) is 0 Å². The van der Waals surface area contributed by atoms with Crippen LogP contribution in [-0.2, 0) is 27.7 Å². The number of hydrogen-bond donors (Lipinski definition) is 2. The van der Waals surface area contributed by atoms with Gasteiger partial charge in [0.05, 0.1) is 17.0 Å². The van der Waals surface area contributed by atoms with Crippen molar-refractivity contribution in [2.75, 3.05) is 13.7 Å². The van der Waals surface area contributed by atoms with Gasteiger partial charge in [0.15, 0.2) is 0 Å². The van der Waals surface area contributed by atoms with Crippen LogP contribution in [0.3, 0.4) is 0 Å². The molecule has 8 heteroatoms. The van der Waals surface area contributed by atoms with Gasteiger partial charge >= 0.3 is 0 Å². The van der Waals surface area contributed by atoms with Crippen molar-refractivity contribution in [3.8, 4) is 5.75 Å². The van der Waals surface area contributed by atoms with E-state index in [2.05, 4.69) is 10.0 Å². The topological polar surface area (TPSA) is 84.5 Å². The lowest BCUT2D eigenvalue weighted by molar-refractivity contribution is -0.122. The SMILES string of the molecule is COc1ccc(S(=O)(=O)NC(Cc2ccccc2)C(=O)NCCc2ccccc2)cc1Cl. The van der Waals surface area contributed by atoms with Crippen molar-refractivity contribution in [1.29, 1.82) is 0 Å². The first-order chi connectivity index (χ1) is 15.4. The van der Waals surface area contributed by atoms with E-state index in [0.29, 0.717) is 18.7 Å². The van der Waals surface area contributed by atoms with E-state index in [1.165, 1.54) is 25.3 Å². The first kappa shape index (κ1) is 23.8. The average Bonchev–Trinajstić information content (AvgIpc) is 2.80. The molecule has 1 atom stereocenters. The summed E-state index contributed by atoms with van der Waals surface area (Å²) in [6, 6.07) is 22.2. The van der Waals surface area contributed by atoms with Crippen LogP contribution in [0, 0.1) is 0 Å². The summed E-state index contributed by atoms with van der Waals surface area (Å²) in [4.78, 5) is 12.9. The van der Waals surface area contributed by atoms with Gasteiger partial charge in [0.2, 0.25) is 15.9 Å². The Bertz CT molecular complexity index is 1140. The van der Waals surface area contributed by atoms with Crippen LogP contribution >= 0.6 is 11.6 Å². The summed E-state index contributed by atoms with van der Waals surface area (Å²) in [6.45, 7) is 0.393. The first-order valence-corrected chi connectivity index (χ1v) is 12.0. The van der Waals surface area contributed by atoms with Gasteiger partial charge in [0.1, 0.15) is 11.8 Å². The highest BCUT2D eigenvalue weighted by Crippen LogP contribution is 2.27. The Labute approximate surface area is 193 Å². The van der Waals surface area contributed by atoms with Crippen molar-refractivity contribution in [1.82, 2.24) is 10.0 Å². The minimum atomic E-state index is -4.00. The highest BCUT2D eigenvalue weighted by molar-refractivity contribution is 7.89. The molecule has 0 saturated heterocycles. The van der Waals surface area contributed by atoms with Crippen molar-refractivity contribution in [3.05, 3.63) is 95.0 Å².